The van der Waals surface area contributed by atoms with Crippen LogP contribution < -0.4 is 5.32 Å². The van der Waals surface area contributed by atoms with Gasteiger partial charge in [-0.05, 0) is 33.0 Å². The monoisotopic (exact) mass is 273 g/mol. The summed E-state index contributed by atoms with van der Waals surface area (Å²) in [5.41, 5.74) is 0. The van der Waals surface area contributed by atoms with E-state index in [1.54, 1.807) is 0 Å². The summed E-state index contributed by atoms with van der Waals surface area (Å²) in [6, 6.07) is 0.645. The average Bonchev–Trinajstić information content (AvgIpc) is 2.29. The van der Waals surface area contributed by atoms with Crippen LogP contribution in [-0.2, 0) is 0 Å². The van der Waals surface area contributed by atoms with Gasteiger partial charge in [0.15, 0.2) is 0 Å². The molecule has 0 spiro atoms. The molecule has 0 radical (unpaired) electrons. The van der Waals surface area contributed by atoms with Gasteiger partial charge < -0.3 is 20.2 Å². The Kier molecular flexibility index (Phi) is 10.5. The van der Waals surface area contributed by atoms with E-state index in [0.717, 1.165) is 32.6 Å². The third kappa shape index (κ3) is 11.4. The fourth-order valence-corrected chi connectivity index (χ4v) is 2.19. The van der Waals surface area contributed by atoms with Gasteiger partial charge in [-0.2, -0.15) is 0 Å². The first kappa shape index (κ1) is 18.8. The van der Waals surface area contributed by atoms with Crippen molar-refractivity contribution in [2.75, 3.05) is 46.9 Å². The van der Waals surface area contributed by atoms with Crippen LogP contribution in [-0.4, -0.2) is 73.9 Å². The molecule has 4 heteroatoms. The van der Waals surface area contributed by atoms with Crippen molar-refractivity contribution in [1.82, 2.24) is 15.1 Å². The number of hydrogen-bond donors (Lipinski definition) is 2. The zero-order chi connectivity index (χ0) is 14.8. The third-order valence-corrected chi connectivity index (χ3v) is 3.07. The highest BCUT2D eigenvalue weighted by molar-refractivity contribution is 4.71. The lowest BCUT2D eigenvalue weighted by Gasteiger charge is -2.28. The molecule has 2 N–H and O–H groups in total. The number of hydrogen-bond acceptors (Lipinski definition) is 4. The van der Waals surface area contributed by atoms with Crippen molar-refractivity contribution in [1.29, 1.82) is 0 Å². The Labute approximate surface area is 120 Å². The van der Waals surface area contributed by atoms with Crippen molar-refractivity contribution >= 4 is 0 Å². The summed E-state index contributed by atoms with van der Waals surface area (Å²) in [7, 11) is 4.23. The van der Waals surface area contributed by atoms with Crippen LogP contribution in [0.25, 0.3) is 0 Å². The van der Waals surface area contributed by atoms with Gasteiger partial charge in [-0.15, -0.1) is 0 Å². The summed E-state index contributed by atoms with van der Waals surface area (Å²) in [6.07, 6.45) is 1.01. The van der Waals surface area contributed by atoms with E-state index in [4.69, 9.17) is 0 Å². The van der Waals surface area contributed by atoms with Crippen LogP contribution in [0.4, 0.5) is 0 Å². The quantitative estimate of drug-likeness (QED) is 0.594. The molecule has 0 rings (SSSR count). The number of nitrogens with zero attached hydrogens (tertiary/aromatic N) is 2. The minimum atomic E-state index is 0.217. The summed E-state index contributed by atoms with van der Waals surface area (Å²) < 4.78 is 0. The maximum atomic E-state index is 9.40. The van der Waals surface area contributed by atoms with E-state index in [9.17, 15) is 5.11 Å². The smallest absolute Gasteiger partial charge is 0.0585 e. The normalized spacial score (nSPS) is 14.1. The average molecular weight is 273 g/mol. The van der Waals surface area contributed by atoms with Crippen molar-refractivity contribution in [2.45, 2.75) is 46.2 Å². The molecule has 0 amide bonds. The summed E-state index contributed by atoms with van der Waals surface area (Å²) in [5.74, 6) is 0.688. The van der Waals surface area contributed by atoms with Gasteiger partial charge in [0, 0.05) is 31.7 Å². The maximum absolute atomic E-state index is 9.40. The van der Waals surface area contributed by atoms with Gasteiger partial charge in [0.25, 0.3) is 0 Å². The first-order valence-corrected chi connectivity index (χ1v) is 7.59. The van der Waals surface area contributed by atoms with E-state index in [2.05, 4.69) is 56.9 Å². The summed E-state index contributed by atoms with van der Waals surface area (Å²) in [5, 5.41) is 12.8. The maximum Gasteiger partial charge on any atom is 0.0585 e. The summed E-state index contributed by atoms with van der Waals surface area (Å²) in [6.45, 7) is 13.4. The Morgan fingerprint density at radius 1 is 1.00 bits per heavy atom. The lowest BCUT2D eigenvalue weighted by Crippen LogP contribution is -2.42. The molecule has 1 atom stereocenters. The highest BCUT2D eigenvalue weighted by Crippen LogP contribution is 2.03. The first-order chi connectivity index (χ1) is 8.85. The van der Waals surface area contributed by atoms with Gasteiger partial charge in [0.2, 0.25) is 0 Å². The molecular weight excluding hydrogens is 238 g/mol. The van der Waals surface area contributed by atoms with Gasteiger partial charge in [0.05, 0.1) is 6.61 Å². The zero-order valence-electron chi connectivity index (χ0n) is 13.8. The van der Waals surface area contributed by atoms with Gasteiger partial charge in [-0.3, -0.25) is 0 Å². The second-order valence-electron chi connectivity index (χ2n) is 6.49. The molecule has 19 heavy (non-hydrogen) atoms. The first-order valence-electron chi connectivity index (χ1n) is 7.59. The lowest BCUT2D eigenvalue weighted by molar-refractivity contribution is 0.181. The molecule has 0 saturated carbocycles. The minimum absolute atomic E-state index is 0.217. The molecule has 4 nitrogen and oxygen atoms in total. The van der Waals surface area contributed by atoms with Crippen molar-refractivity contribution in [3.8, 4) is 0 Å². The van der Waals surface area contributed by atoms with Crippen LogP contribution in [0.1, 0.15) is 34.1 Å². The molecule has 0 aliphatic carbocycles. The van der Waals surface area contributed by atoms with Gasteiger partial charge >= 0.3 is 0 Å². The number of aliphatic hydroxyl groups is 1. The van der Waals surface area contributed by atoms with Gasteiger partial charge in [0.1, 0.15) is 0 Å². The Hall–Kier alpha value is -0.160. The third-order valence-electron chi connectivity index (χ3n) is 3.07. The van der Waals surface area contributed by atoms with E-state index >= 15 is 0 Å². The van der Waals surface area contributed by atoms with Gasteiger partial charge in [-0.25, -0.2) is 0 Å². The van der Waals surface area contributed by atoms with Crippen LogP contribution in [0.5, 0.6) is 0 Å². The number of rotatable bonds is 11. The Morgan fingerprint density at radius 3 is 2.05 bits per heavy atom. The van der Waals surface area contributed by atoms with Crippen molar-refractivity contribution < 1.29 is 5.11 Å². The predicted octanol–water partition coefficient (Wildman–Crippen LogP) is 1.26. The zero-order valence-corrected chi connectivity index (χ0v) is 13.8. The highest BCUT2D eigenvalue weighted by Gasteiger charge is 2.13. The van der Waals surface area contributed by atoms with E-state index in [1.807, 2.05) is 0 Å². The van der Waals surface area contributed by atoms with E-state index < -0.39 is 0 Å². The molecule has 0 aromatic carbocycles. The minimum Gasteiger partial charge on any atom is -0.395 e. The topological polar surface area (TPSA) is 38.7 Å². The molecule has 0 aromatic heterocycles. The van der Waals surface area contributed by atoms with E-state index in [1.165, 1.54) is 0 Å². The van der Waals surface area contributed by atoms with E-state index in [0.29, 0.717) is 12.0 Å². The second-order valence-corrected chi connectivity index (χ2v) is 6.49. The number of likely N-dealkylation sites (N-methyl/N-ethyl adjacent to an activating group) is 1. The van der Waals surface area contributed by atoms with E-state index in [-0.39, 0.29) is 12.6 Å². The molecule has 0 bridgehead atoms. The summed E-state index contributed by atoms with van der Waals surface area (Å²) >= 11 is 0. The Balaban J connectivity index is 4.14. The largest absolute Gasteiger partial charge is 0.395 e. The molecule has 0 heterocycles. The van der Waals surface area contributed by atoms with Crippen molar-refractivity contribution in [3.05, 3.63) is 0 Å². The van der Waals surface area contributed by atoms with Crippen LogP contribution >= 0.6 is 0 Å². The molecule has 1 unspecified atom stereocenters. The lowest BCUT2D eigenvalue weighted by atomic mass is 10.1. The Morgan fingerprint density at radius 2 is 1.63 bits per heavy atom. The predicted molar refractivity (Wildman–Crippen MR) is 83.6 cm³/mol. The molecule has 0 fully saturated rings. The van der Waals surface area contributed by atoms with Crippen LogP contribution in [0, 0.1) is 5.92 Å². The number of nitrogens with one attached hydrogen (secondary N) is 1. The van der Waals surface area contributed by atoms with Crippen molar-refractivity contribution in [2.24, 2.45) is 5.92 Å². The molecule has 0 aliphatic heterocycles. The van der Waals surface area contributed by atoms with Crippen LogP contribution in [0.2, 0.25) is 0 Å². The molecule has 0 aromatic rings. The molecular formula is C15H35N3O. The SMILES string of the molecule is CC(C)CN(CCC(CO)NC(C)C)CCN(C)C. The van der Waals surface area contributed by atoms with Crippen LogP contribution in [0.3, 0.4) is 0 Å². The number of aliphatic hydroxyl groups excluding tert-OH is 1. The van der Waals surface area contributed by atoms with Gasteiger partial charge in [-0.1, -0.05) is 27.7 Å². The molecule has 116 valence electrons. The Bertz CT molecular complexity index is 208. The fraction of sp³-hybridized carbons (Fsp3) is 1.00. The molecule has 0 saturated heterocycles. The molecule has 0 aliphatic rings. The summed E-state index contributed by atoms with van der Waals surface area (Å²) in [4.78, 5) is 4.73. The van der Waals surface area contributed by atoms with Crippen LogP contribution in [0.15, 0.2) is 0 Å². The highest BCUT2D eigenvalue weighted by atomic mass is 16.3. The fourth-order valence-electron chi connectivity index (χ4n) is 2.19. The standard InChI is InChI=1S/C15H35N3O/c1-13(2)11-18(10-9-17(5)6)8-7-15(12-19)16-14(3)4/h13-16,19H,7-12H2,1-6H3. The second kappa shape index (κ2) is 10.6. The van der Waals surface area contributed by atoms with Crippen molar-refractivity contribution in [3.63, 3.8) is 0 Å².